The molecular formula is C22H20N2S. The summed E-state index contributed by atoms with van der Waals surface area (Å²) < 4.78 is 2.34. The molecule has 0 radical (unpaired) electrons. The molecule has 0 fully saturated rings. The maximum Gasteiger partial charge on any atom is 0.190 e. The van der Waals surface area contributed by atoms with E-state index in [0.29, 0.717) is 0 Å². The van der Waals surface area contributed by atoms with Crippen LogP contribution in [0.3, 0.4) is 0 Å². The number of hydrogen-bond acceptors (Lipinski definition) is 2. The third-order valence-electron chi connectivity index (χ3n) is 4.27. The number of thiazole rings is 1. The molecule has 0 unspecified atom stereocenters. The van der Waals surface area contributed by atoms with E-state index in [-0.39, 0.29) is 0 Å². The van der Waals surface area contributed by atoms with Gasteiger partial charge in [0.25, 0.3) is 0 Å². The summed E-state index contributed by atoms with van der Waals surface area (Å²) in [6.07, 6.45) is 1.08. The minimum atomic E-state index is 0.970. The molecule has 0 aliphatic carbocycles. The molecule has 4 rings (SSSR count). The number of fused-ring (bicyclic) bond motifs is 1. The Kier molecular flexibility index (Phi) is 4.49. The number of rotatable bonds is 4. The Balaban J connectivity index is 1.85. The van der Waals surface area contributed by atoms with Crippen LogP contribution in [0.2, 0.25) is 0 Å². The summed E-state index contributed by atoms with van der Waals surface area (Å²) in [7, 11) is 0. The summed E-state index contributed by atoms with van der Waals surface area (Å²) in [5, 5.41) is 4.77. The minimum absolute atomic E-state index is 0.970. The van der Waals surface area contributed by atoms with E-state index in [4.69, 9.17) is 4.99 Å². The summed E-state index contributed by atoms with van der Waals surface area (Å²) in [6.45, 7) is 3.18. The maximum absolute atomic E-state index is 4.85. The van der Waals surface area contributed by atoms with Crippen LogP contribution in [0.4, 0.5) is 5.69 Å². The zero-order chi connectivity index (χ0) is 17.1. The zero-order valence-corrected chi connectivity index (χ0v) is 15.0. The van der Waals surface area contributed by atoms with Gasteiger partial charge in [0.05, 0.1) is 11.4 Å². The Morgan fingerprint density at radius 2 is 1.64 bits per heavy atom. The van der Waals surface area contributed by atoms with Crippen LogP contribution in [-0.2, 0) is 6.54 Å². The molecule has 1 heterocycles. The quantitative estimate of drug-likeness (QED) is 0.431. The van der Waals surface area contributed by atoms with Crippen LogP contribution in [0.15, 0.2) is 83.2 Å². The van der Waals surface area contributed by atoms with Crippen LogP contribution in [0.25, 0.3) is 22.0 Å². The topological polar surface area (TPSA) is 17.3 Å². The van der Waals surface area contributed by atoms with Crippen molar-refractivity contribution in [1.29, 1.82) is 0 Å². The Hall–Kier alpha value is -2.65. The molecule has 0 aliphatic rings. The molecule has 124 valence electrons. The standard InChI is InChI=1S/C22H20N2S/c1-2-14-24-21(16-25-22(24)23-20-10-4-3-5-11-20)19-13-12-17-8-6-7-9-18(17)15-19/h3-13,15-16H,2,14H2,1H3. The molecule has 2 nitrogen and oxygen atoms in total. The predicted molar refractivity (Wildman–Crippen MR) is 107 cm³/mol. The number of benzene rings is 3. The molecule has 3 heteroatoms. The van der Waals surface area contributed by atoms with Crippen molar-refractivity contribution < 1.29 is 0 Å². The number of hydrogen-bond donors (Lipinski definition) is 0. The fourth-order valence-electron chi connectivity index (χ4n) is 3.05. The average molecular weight is 344 g/mol. The van der Waals surface area contributed by atoms with E-state index >= 15 is 0 Å². The second-order valence-corrected chi connectivity index (χ2v) is 6.90. The van der Waals surface area contributed by atoms with E-state index in [0.717, 1.165) is 23.5 Å². The fourth-order valence-corrected chi connectivity index (χ4v) is 4.01. The van der Waals surface area contributed by atoms with Crippen molar-refractivity contribution >= 4 is 27.8 Å². The summed E-state index contributed by atoms with van der Waals surface area (Å²) in [5.41, 5.74) is 3.49. The highest BCUT2D eigenvalue weighted by Crippen LogP contribution is 2.25. The predicted octanol–water partition coefficient (Wildman–Crippen LogP) is 6.01. The molecule has 0 atom stereocenters. The molecule has 25 heavy (non-hydrogen) atoms. The first kappa shape index (κ1) is 15.9. The smallest absolute Gasteiger partial charge is 0.190 e. The molecule has 4 aromatic rings. The molecule has 0 spiro atoms. The Morgan fingerprint density at radius 3 is 2.44 bits per heavy atom. The largest absolute Gasteiger partial charge is 0.316 e. The third kappa shape index (κ3) is 3.28. The van der Waals surface area contributed by atoms with Crippen molar-refractivity contribution in [2.75, 3.05) is 0 Å². The van der Waals surface area contributed by atoms with Gasteiger partial charge in [0.2, 0.25) is 0 Å². The summed E-state index contributed by atoms with van der Waals surface area (Å²) >= 11 is 1.71. The second-order valence-electron chi connectivity index (χ2n) is 6.06. The number of para-hydroxylation sites is 1. The Morgan fingerprint density at radius 1 is 0.880 bits per heavy atom. The van der Waals surface area contributed by atoms with E-state index in [9.17, 15) is 0 Å². The maximum atomic E-state index is 4.85. The monoisotopic (exact) mass is 344 g/mol. The first-order valence-corrected chi connectivity index (χ1v) is 9.50. The van der Waals surface area contributed by atoms with Gasteiger partial charge in [0.1, 0.15) is 0 Å². The van der Waals surface area contributed by atoms with Gasteiger partial charge in [0.15, 0.2) is 4.80 Å². The normalized spacial score (nSPS) is 12.0. The van der Waals surface area contributed by atoms with Crippen LogP contribution < -0.4 is 4.80 Å². The van der Waals surface area contributed by atoms with Crippen molar-refractivity contribution in [2.45, 2.75) is 19.9 Å². The number of aromatic nitrogens is 1. The van der Waals surface area contributed by atoms with Gasteiger partial charge < -0.3 is 4.57 Å². The van der Waals surface area contributed by atoms with E-state index in [2.05, 4.69) is 59.3 Å². The van der Waals surface area contributed by atoms with Gasteiger partial charge in [-0.3, -0.25) is 0 Å². The van der Waals surface area contributed by atoms with E-state index < -0.39 is 0 Å². The molecule has 0 saturated carbocycles. The lowest BCUT2D eigenvalue weighted by Crippen LogP contribution is -2.15. The van der Waals surface area contributed by atoms with Gasteiger partial charge in [-0.2, -0.15) is 0 Å². The van der Waals surface area contributed by atoms with Gasteiger partial charge in [-0.1, -0.05) is 61.5 Å². The zero-order valence-electron chi connectivity index (χ0n) is 14.2. The fraction of sp³-hybridized carbons (Fsp3) is 0.136. The molecule has 0 N–H and O–H groups in total. The summed E-state index contributed by atoms with van der Waals surface area (Å²) in [6, 6.07) is 25.4. The Bertz CT molecular complexity index is 1060. The lowest BCUT2D eigenvalue weighted by molar-refractivity contribution is 0.668. The van der Waals surface area contributed by atoms with Crippen LogP contribution in [0, 0.1) is 0 Å². The third-order valence-corrected chi connectivity index (χ3v) is 5.13. The minimum Gasteiger partial charge on any atom is -0.316 e. The van der Waals surface area contributed by atoms with Gasteiger partial charge in [-0.05, 0) is 41.0 Å². The summed E-state index contributed by atoms with van der Waals surface area (Å²) in [5.74, 6) is 0. The highest BCUT2D eigenvalue weighted by Gasteiger charge is 2.08. The Labute approximate surface area is 151 Å². The first-order chi connectivity index (χ1) is 12.3. The first-order valence-electron chi connectivity index (χ1n) is 8.62. The van der Waals surface area contributed by atoms with Crippen LogP contribution in [0.5, 0.6) is 0 Å². The van der Waals surface area contributed by atoms with Gasteiger partial charge in [-0.25, -0.2) is 4.99 Å². The van der Waals surface area contributed by atoms with E-state index in [1.807, 2.05) is 30.3 Å². The van der Waals surface area contributed by atoms with Gasteiger partial charge in [-0.15, -0.1) is 11.3 Å². The lowest BCUT2D eigenvalue weighted by atomic mass is 10.1. The van der Waals surface area contributed by atoms with E-state index in [1.165, 1.54) is 22.0 Å². The van der Waals surface area contributed by atoms with Crippen LogP contribution >= 0.6 is 11.3 Å². The molecule has 0 aliphatic heterocycles. The molecule has 1 aromatic heterocycles. The molecule has 0 saturated heterocycles. The average Bonchev–Trinajstić information content (AvgIpc) is 3.05. The van der Waals surface area contributed by atoms with Gasteiger partial charge >= 0.3 is 0 Å². The van der Waals surface area contributed by atoms with Gasteiger partial charge in [0, 0.05) is 11.9 Å². The van der Waals surface area contributed by atoms with Crippen molar-refractivity contribution in [2.24, 2.45) is 4.99 Å². The summed E-state index contributed by atoms with van der Waals surface area (Å²) in [4.78, 5) is 5.90. The van der Waals surface area contributed by atoms with E-state index in [1.54, 1.807) is 11.3 Å². The van der Waals surface area contributed by atoms with Crippen molar-refractivity contribution in [3.05, 3.63) is 83.0 Å². The van der Waals surface area contributed by atoms with Crippen molar-refractivity contribution in [3.8, 4) is 11.3 Å². The number of nitrogens with zero attached hydrogens (tertiary/aromatic N) is 2. The van der Waals surface area contributed by atoms with Crippen LogP contribution in [-0.4, -0.2) is 4.57 Å². The molecular weight excluding hydrogens is 324 g/mol. The van der Waals surface area contributed by atoms with Crippen molar-refractivity contribution in [1.82, 2.24) is 4.57 Å². The SMILES string of the molecule is CCCn1c(-c2ccc3ccccc3c2)csc1=Nc1ccccc1. The highest BCUT2D eigenvalue weighted by molar-refractivity contribution is 7.07. The van der Waals surface area contributed by atoms with Crippen molar-refractivity contribution in [3.63, 3.8) is 0 Å². The second kappa shape index (κ2) is 7.08. The lowest BCUT2D eigenvalue weighted by Gasteiger charge is -2.09. The molecule has 0 bridgehead atoms. The van der Waals surface area contributed by atoms with Crippen LogP contribution in [0.1, 0.15) is 13.3 Å². The highest BCUT2D eigenvalue weighted by atomic mass is 32.1. The molecule has 3 aromatic carbocycles. The molecule has 0 amide bonds.